The fraction of sp³-hybridized carbons (Fsp3) is 0.350. The lowest BCUT2D eigenvalue weighted by molar-refractivity contribution is 0.0948. The Morgan fingerprint density at radius 2 is 1.85 bits per heavy atom. The van der Waals surface area contributed by atoms with E-state index in [2.05, 4.69) is 29.5 Å². The van der Waals surface area contributed by atoms with Gasteiger partial charge in [0, 0.05) is 37.7 Å². The van der Waals surface area contributed by atoms with Crippen LogP contribution in [-0.4, -0.2) is 37.1 Å². The zero-order valence-electron chi connectivity index (χ0n) is 15.4. The normalized spacial score (nSPS) is 10.6. The largest absolute Gasteiger partial charge is 0.385 e. The number of nitrogens with zero attached hydrogens (tertiary/aromatic N) is 1. The number of amides is 2. The fourth-order valence-corrected chi connectivity index (χ4v) is 2.36. The van der Waals surface area contributed by atoms with E-state index in [1.54, 1.807) is 13.2 Å². The first kappa shape index (κ1) is 19.6. The molecule has 2 rings (SSSR count). The Labute approximate surface area is 154 Å². The number of methoxy groups -OCH3 is 1. The summed E-state index contributed by atoms with van der Waals surface area (Å²) in [6, 6.07) is 10.8. The van der Waals surface area contributed by atoms with Crippen molar-refractivity contribution in [1.82, 2.24) is 10.3 Å². The lowest BCUT2D eigenvalue weighted by atomic mass is 10.0. The van der Waals surface area contributed by atoms with Gasteiger partial charge in [0.15, 0.2) is 0 Å². The van der Waals surface area contributed by atoms with Crippen LogP contribution in [-0.2, 0) is 4.74 Å². The highest BCUT2D eigenvalue weighted by Gasteiger charge is 2.12. The van der Waals surface area contributed by atoms with E-state index in [1.165, 1.54) is 17.8 Å². The second-order valence-electron chi connectivity index (χ2n) is 6.26. The van der Waals surface area contributed by atoms with Crippen molar-refractivity contribution < 1.29 is 14.3 Å². The van der Waals surface area contributed by atoms with Gasteiger partial charge < -0.3 is 15.4 Å². The van der Waals surface area contributed by atoms with Gasteiger partial charge in [0.25, 0.3) is 11.8 Å². The first-order valence-corrected chi connectivity index (χ1v) is 8.65. The van der Waals surface area contributed by atoms with Crippen molar-refractivity contribution in [3.8, 4) is 0 Å². The highest BCUT2D eigenvalue weighted by molar-refractivity contribution is 6.04. The molecule has 0 saturated heterocycles. The molecule has 0 saturated carbocycles. The van der Waals surface area contributed by atoms with Gasteiger partial charge in [-0.1, -0.05) is 26.0 Å². The number of rotatable bonds is 8. The van der Waals surface area contributed by atoms with Crippen LogP contribution < -0.4 is 10.6 Å². The van der Waals surface area contributed by atoms with Crippen LogP contribution >= 0.6 is 0 Å². The van der Waals surface area contributed by atoms with E-state index in [1.807, 2.05) is 24.3 Å². The van der Waals surface area contributed by atoms with Crippen molar-refractivity contribution in [1.29, 1.82) is 0 Å². The number of aromatic nitrogens is 1. The van der Waals surface area contributed by atoms with Gasteiger partial charge in [0.1, 0.15) is 5.69 Å². The number of carbonyl (C=O) groups is 2. The quantitative estimate of drug-likeness (QED) is 0.713. The Morgan fingerprint density at radius 1 is 1.12 bits per heavy atom. The molecule has 0 fully saturated rings. The van der Waals surface area contributed by atoms with Gasteiger partial charge in [0.2, 0.25) is 0 Å². The molecule has 6 heteroatoms. The molecule has 0 spiro atoms. The van der Waals surface area contributed by atoms with Crippen LogP contribution in [0, 0.1) is 0 Å². The van der Waals surface area contributed by atoms with Gasteiger partial charge in [-0.05, 0) is 42.2 Å². The van der Waals surface area contributed by atoms with Gasteiger partial charge in [0.05, 0.1) is 0 Å². The van der Waals surface area contributed by atoms with E-state index in [0.29, 0.717) is 30.3 Å². The van der Waals surface area contributed by atoms with Crippen LogP contribution in [0.15, 0.2) is 42.6 Å². The van der Waals surface area contributed by atoms with Gasteiger partial charge in [-0.25, -0.2) is 0 Å². The van der Waals surface area contributed by atoms with E-state index in [-0.39, 0.29) is 17.5 Å². The molecule has 0 aliphatic carbocycles. The smallest absolute Gasteiger partial charge is 0.274 e. The summed E-state index contributed by atoms with van der Waals surface area (Å²) in [6.45, 7) is 5.32. The standard InChI is InChI=1S/C20H25N3O3/c1-14(2)15-5-7-17(8-6-15)23-20(25)18-13-16(9-11-21-18)19(24)22-10-4-12-26-3/h5-9,11,13-14H,4,10,12H2,1-3H3,(H,22,24)(H,23,25). The molecule has 0 aliphatic rings. The Morgan fingerprint density at radius 3 is 2.50 bits per heavy atom. The summed E-state index contributed by atoms with van der Waals surface area (Å²) in [5.41, 5.74) is 2.49. The third kappa shape index (κ3) is 5.67. The summed E-state index contributed by atoms with van der Waals surface area (Å²) in [5, 5.41) is 5.59. The number of ether oxygens (including phenoxy) is 1. The van der Waals surface area contributed by atoms with E-state index in [0.717, 1.165) is 6.42 Å². The van der Waals surface area contributed by atoms with Crippen LogP contribution in [0.25, 0.3) is 0 Å². The molecule has 1 aromatic heterocycles. The van der Waals surface area contributed by atoms with E-state index in [4.69, 9.17) is 4.74 Å². The molecule has 1 aromatic carbocycles. The molecule has 1 heterocycles. The average molecular weight is 355 g/mol. The summed E-state index contributed by atoms with van der Waals surface area (Å²) in [4.78, 5) is 28.6. The molecule has 26 heavy (non-hydrogen) atoms. The zero-order valence-corrected chi connectivity index (χ0v) is 15.4. The number of benzene rings is 1. The van der Waals surface area contributed by atoms with Crippen molar-refractivity contribution in [2.75, 3.05) is 25.6 Å². The third-order valence-corrected chi connectivity index (χ3v) is 3.90. The van der Waals surface area contributed by atoms with Gasteiger partial charge >= 0.3 is 0 Å². The number of nitrogens with one attached hydrogen (secondary N) is 2. The predicted molar refractivity (Wildman–Crippen MR) is 102 cm³/mol. The molecule has 0 atom stereocenters. The van der Waals surface area contributed by atoms with E-state index in [9.17, 15) is 9.59 Å². The summed E-state index contributed by atoms with van der Waals surface area (Å²) >= 11 is 0. The lowest BCUT2D eigenvalue weighted by Gasteiger charge is -2.09. The Kier molecular flexibility index (Phi) is 7.29. The monoisotopic (exact) mass is 355 g/mol. The molecule has 6 nitrogen and oxygen atoms in total. The highest BCUT2D eigenvalue weighted by atomic mass is 16.5. The van der Waals surface area contributed by atoms with Crippen molar-refractivity contribution in [2.24, 2.45) is 0 Å². The van der Waals surface area contributed by atoms with Crippen molar-refractivity contribution >= 4 is 17.5 Å². The van der Waals surface area contributed by atoms with Gasteiger partial charge in [-0.15, -0.1) is 0 Å². The number of anilines is 1. The SMILES string of the molecule is COCCCNC(=O)c1ccnc(C(=O)Nc2ccc(C(C)C)cc2)c1. The second-order valence-corrected chi connectivity index (χ2v) is 6.26. The average Bonchev–Trinajstić information content (AvgIpc) is 2.65. The van der Waals surface area contributed by atoms with Crippen LogP contribution in [0.1, 0.15) is 52.6 Å². The second kappa shape index (κ2) is 9.68. The Bertz CT molecular complexity index is 742. The maximum absolute atomic E-state index is 12.4. The number of hydrogen-bond donors (Lipinski definition) is 2. The predicted octanol–water partition coefficient (Wildman–Crippen LogP) is 3.22. The molecular weight excluding hydrogens is 330 g/mol. The Balaban J connectivity index is 1.99. The topological polar surface area (TPSA) is 80.3 Å². The minimum Gasteiger partial charge on any atom is -0.385 e. The number of pyridine rings is 1. The summed E-state index contributed by atoms with van der Waals surface area (Å²) < 4.78 is 4.94. The van der Waals surface area contributed by atoms with Crippen LogP contribution in [0.5, 0.6) is 0 Å². The minimum atomic E-state index is -0.351. The lowest BCUT2D eigenvalue weighted by Crippen LogP contribution is -2.25. The summed E-state index contributed by atoms with van der Waals surface area (Å²) in [7, 11) is 1.62. The van der Waals surface area contributed by atoms with Crippen LogP contribution in [0.3, 0.4) is 0 Å². The molecule has 2 aromatic rings. The van der Waals surface area contributed by atoms with E-state index < -0.39 is 0 Å². The molecule has 138 valence electrons. The minimum absolute atomic E-state index is 0.197. The molecule has 0 bridgehead atoms. The first-order valence-electron chi connectivity index (χ1n) is 8.65. The van der Waals surface area contributed by atoms with Crippen molar-refractivity contribution in [2.45, 2.75) is 26.2 Å². The first-order chi connectivity index (χ1) is 12.5. The number of hydrogen-bond acceptors (Lipinski definition) is 4. The molecule has 2 amide bonds. The Hall–Kier alpha value is -2.73. The van der Waals surface area contributed by atoms with Gasteiger partial charge in [-0.3, -0.25) is 14.6 Å². The molecule has 0 radical (unpaired) electrons. The van der Waals surface area contributed by atoms with Crippen molar-refractivity contribution in [3.63, 3.8) is 0 Å². The third-order valence-electron chi connectivity index (χ3n) is 3.90. The number of carbonyl (C=O) groups excluding carboxylic acids is 2. The summed E-state index contributed by atoms with van der Waals surface area (Å²) in [6.07, 6.45) is 2.19. The fourth-order valence-electron chi connectivity index (χ4n) is 2.36. The molecule has 0 aliphatic heterocycles. The van der Waals surface area contributed by atoms with Crippen LogP contribution in [0.2, 0.25) is 0 Å². The van der Waals surface area contributed by atoms with Crippen LogP contribution in [0.4, 0.5) is 5.69 Å². The molecule has 0 unspecified atom stereocenters. The molecular formula is C20H25N3O3. The van der Waals surface area contributed by atoms with Gasteiger partial charge in [-0.2, -0.15) is 0 Å². The van der Waals surface area contributed by atoms with Crippen molar-refractivity contribution in [3.05, 3.63) is 59.4 Å². The maximum Gasteiger partial charge on any atom is 0.274 e. The van der Waals surface area contributed by atoms with E-state index >= 15 is 0 Å². The zero-order chi connectivity index (χ0) is 18.9. The maximum atomic E-state index is 12.4. The molecule has 2 N–H and O–H groups in total. The summed E-state index contributed by atoms with van der Waals surface area (Å²) in [5.74, 6) is -0.157. The highest BCUT2D eigenvalue weighted by Crippen LogP contribution is 2.17.